The highest BCUT2D eigenvalue weighted by Crippen LogP contribution is 2.43. The maximum absolute atomic E-state index is 12.5. The molecule has 1 fully saturated rings. The number of benzene rings is 1. The lowest BCUT2D eigenvalue weighted by Crippen LogP contribution is -2.43. The van der Waals surface area contributed by atoms with Gasteiger partial charge in [0.15, 0.2) is 0 Å². The molecule has 0 unspecified atom stereocenters. The summed E-state index contributed by atoms with van der Waals surface area (Å²) in [6.07, 6.45) is 0.696. The van der Waals surface area contributed by atoms with Crippen LogP contribution in [0.25, 0.3) is 5.70 Å². The first-order valence-electron chi connectivity index (χ1n) is 8.46. The average Bonchev–Trinajstić information content (AvgIpc) is 3.03. The van der Waals surface area contributed by atoms with Gasteiger partial charge in [-0.05, 0) is 38.5 Å². The van der Waals surface area contributed by atoms with Crippen LogP contribution >= 0.6 is 0 Å². The maximum Gasteiger partial charge on any atom is 0.407 e. The monoisotopic (exact) mass is 355 g/mol. The molecule has 2 heterocycles. The summed E-state index contributed by atoms with van der Waals surface area (Å²) in [5.41, 5.74) is 1.92. The largest absolute Gasteiger partial charge is 0.483 e. The summed E-state index contributed by atoms with van der Waals surface area (Å²) in [7, 11) is 1.30. The standard InChI is InChI=1S/C19H21N3O4/c1-19(2)14(11-21-18(24)25-3)17(22-8-4-5-16(22)23)13-9-12(10-20)6-7-15(13)26-19/h6-7,9H,4-5,8,11H2,1-3H3,(H,21,24). The summed E-state index contributed by atoms with van der Waals surface area (Å²) in [4.78, 5) is 25.8. The van der Waals surface area contributed by atoms with Crippen LogP contribution in [0.5, 0.6) is 5.75 Å². The van der Waals surface area contributed by atoms with E-state index in [2.05, 4.69) is 16.1 Å². The molecular formula is C19H21N3O4. The number of nitrogens with one attached hydrogen (secondary N) is 1. The molecule has 2 amide bonds. The number of hydrogen-bond donors (Lipinski definition) is 1. The van der Waals surface area contributed by atoms with Crippen molar-refractivity contribution >= 4 is 17.7 Å². The number of methoxy groups -OCH3 is 1. The van der Waals surface area contributed by atoms with Crippen LogP contribution in [0.3, 0.4) is 0 Å². The molecule has 1 aromatic rings. The van der Waals surface area contributed by atoms with Gasteiger partial charge in [0.1, 0.15) is 11.4 Å². The van der Waals surface area contributed by atoms with Gasteiger partial charge in [-0.15, -0.1) is 0 Å². The molecule has 0 aliphatic carbocycles. The maximum atomic E-state index is 12.5. The van der Waals surface area contributed by atoms with Gasteiger partial charge in [0.2, 0.25) is 5.91 Å². The van der Waals surface area contributed by atoms with Gasteiger partial charge in [0.25, 0.3) is 0 Å². The highest BCUT2D eigenvalue weighted by atomic mass is 16.5. The van der Waals surface area contributed by atoms with Gasteiger partial charge in [-0.25, -0.2) is 4.79 Å². The number of nitriles is 1. The summed E-state index contributed by atoms with van der Waals surface area (Å²) < 4.78 is 10.8. The smallest absolute Gasteiger partial charge is 0.407 e. The molecule has 0 aromatic heterocycles. The topological polar surface area (TPSA) is 91.7 Å². The second-order valence-corrected chi connectivity index (χ2v) is 6.76. The first kappa shape index (κ1) is 17.8. The van der Waals surface area contributed by atoms with E-state index in [0.29, 0.717) is 35.5 Å². The van der Waals surface area contributed by atoms with Crippen molar-refractivity contribution in [1.82, 2.24) is 10.2 Å². The molecular weight excluding hydrogens is 334 g/mol. The Balaban J connectivity index is 2.17. The molecule has 0 atom stereocenters. The molecule has 0 saturated carbocycles. The van der Waals surface area contributed by atoms with Crippen LogP contribution in [0.2, 0.25) is 0 Å². The van der Waals surface area contributed by atoms with Crippen molar-refractivity contribution in [2.24, 2.45) is 0 Å². The van der Waals surface area contributed by atoms with Crippen molar-refractivity contribution in [1.29, 1.82) is 5.26 Å². The second kappa shape index (κ2) is 6.71. The summed E-state index contributed by atoms with van der Waals surface area (Å²) in [5, 5.41) is 11.9. The molecule has 0 bridgehead atoms. The summed E-state index contributed by atoms with van der Waals surface area (Å²) in [6, 6.07) is 7.29. The lowest BCUT2D eigenvalue weighted by atomic mass is 9.88. The van der Waals surface area contributed by atoms with E-state index in [1.54, 1.807) is 23.1 Å². The molecule has 0 spiro atoms. The number of amides is 2. The molecule has 0 radical (unpaired) electrons. The van der Waals surface area contributed by atoms with Crippen LogP contribution in [-0.2, 0) is 9.53 Å². The fourth-order valence-electron chi connectivity index (χ4n) is 3.38. The molecule has 1 aromatic carbocycles. The number of hydrogen-bond acceptors (Lipinski definition) is 5. The van der Waals surface area contributed by atoms with E-state index in [4.69, 9.17) is 4.74 Å². The Morgan fingerprint density at radius 2 is 2.23 bits per heavy atom. The minimum Gasteiger partial charge on any atom is -0.483 e. The minimum absolute atomic E-state index is 0.0292. The zero-order chi connectivity index (χ0) is 18.9. The van der Waals surface area contributed by atoms with Crippen molar-refractivity contribution in [3.63, 3.8) is 0 Å². The highest BCUT2D eigenvalue weighted by molar-refractivity contribution is 5.92. The first-order chi connectivity index (χ1) is 12.4. The predicted octanol–water partition coefficient (Wildman–Crippen LogP) is 2.42. The summed E-state index contributed by atoms with van der Waals surface area (Å²) in [5.74, 6) is 0.645. The Hall–Kier alpha value is -3.01. The van der Waals surface area contributed by atoms with Crippen molar-refractivity contribution < 1.29 is 19.1 Å². The zero-order valence-corrected chi connectivity index (χ0v) is 15.1. The van der Waals surface area contributed by atoms with Gasteiger partial charge >= 0.3 is 6.09 Å². The molecule has 1 saturated heterocycles. The Kier molecular flexibility index (Phi) is 4.60. The predicted molar refractivity (Wildman–Crippen MR) is 94.1 cm³/mol. The van der Waals surface area contributed by atoms with E-state index in [1.165, 1.54) is 7.11 Å². The zero-order valence-electron chi connectivity index (χ0n) is 15.1. The fourth-order valence-corrected chi connectivity index (χ4v) is 3.38. The third kappa shape index (κ3) is 3.10. The lowest BCUT2D eigenvalue weighted by Gasteiger charge is -2.39. The average molecular weight is 355 g/mol. The van der Waals surface area contributed by atoms with Crippen molar-refractivity contribution in [2.75, 3.05) is 20.2 Å². The SMILES string of the molecule is COC(=O)NCC1=C(N2CCCC2=O)c2cc(C#N)ccc2OC1(C)C. The number of likely N-dealkylation sites (tertiary alicyclic amines) is 1. The molecule has 136 valence electrons. The first-order valence-corrected chi connectivity index (χ1v) is 8.46. The molecule has 7 nitrogen and oxygen atoms in total. The van der Waals surface area contributed by atoms with E-state index < -0.39 is 11.7 Å². The van der Waals surface area contributed by atoms with Crippen molar-refractivity contribution in [3.8, 4) is 11.8 Å². The van der Waals surface area contributed by atoms with Crippen molar-refractivity contribution in [3.05, 3.63) is 34.9 Å². The summed E-state index contributed by atoms with van der Waals surface area (Å²) in [6.45, 7) is 4.56. The molecule has 1 N–H and O–H groups in total. The molecule has 2 aliphatic rings. The molecule has 3 rings (SSSR count). The van der Waals surface area contributed by atoms with E-state index >= 15 is 0 Å². The Morgan fingerprint density at radius 1 is 1.46 bits per heavy atom. The second-order valence-electron chi connectivity index (χ2n) is 6.76. The van der Waals surface area contributed by atoms with Crippen molar-refractivity contribution in [2.45, 2.75) is 32.3 Å². The Morgan fingerprint density at radius 3 is 2.85 bits per heavy atom. The molecule has 2 aliphatic heterocycles. The molecule has 7 heteroatoms. The summed E-state index contributed by atoms with van der Waals surface area (Å²) >= 11 is 0. The Bertz CT molecular complexity index is 836. The normalized spacial score (nSPS) is 18.1. The van der Waals surface area contributed by atoms with E-state index in [0.717, 1.165) is 12.0 Å². The number of carbonyl (C=O) groups is 2. The lowest BCUT2D eigenvalue weighted by molar-refractivity contribution is -0.125. The van der Waals surface area contributed by atoms with Gasteiger partial charge < -0.3 is 19.7 Å². The number of nitrogens with zero attached hydrogens (tertiary/aromatic N) is 2. The fraction of sp³-hybridized carbons (Fsp3) is 0.421. The van der Waals surface area contributed by atoms with Crippen LogP contribution in [-0.4, -0.2) is 42.7 Å². The van der Waals surface area contributed by atoms with Gasteiger partial charge in [0.05, 0.1) is 24.4 Å². The van der Waals surface area contributed by atoms with Crippen LogP contribution in [0.4, 0.5) is 4.79 Å². The van der Waals surface area contributed by atoms with Crippen LogP contribution < -0.4 is 10.1 Å². The number of fused-ring (bicyclic) bond motifs is 1. The van der Waals surface area contributed by atoms with E-state index in [1.807, 2.05) is 13.8 Å². The number of rotatable bonds is 3. The Labute approximate surface area is 152 Å². The van der Waals surface area contributed by atoms with E-state index in [-0.39, 0.29) is 12.5 Å². The third-order valence-electron chi connectivity index (χ3n) is 4.68. The third-order valence-corrected chi connectivity index (χ3v) is 4.68. The van der Waals surface area contributed by atoms with Gasteiger partial charge in [-0.1, -0.05) is 0 Å². The van der Waals surface area contributed by atoms with Gasteiger partial charge in [-0.2, -0.15) is 5.26 Å². The highest BCUT2D eigenvalue weighted by Gasteiger charge is 2.39. The quantitative estimate of drug-likeness (QED) is 0.899. The van der Waals surface area contributed by atoms with E-state index in [9.17, 15) is 14.9 Å². The van der Waals surface area contributed by atoms with Crippen LogP contribution in [0.15, 0.2) is 23.8 Å². The van der Waals surface area contributed by atoms with Gasteiger partial charge in [-0.3, -0.25) is 4.79 Å². The number of carbonyl (C=O) groups excluding carboxylic acids is 2. The van der Waals surface area contributed by atoms with Crippen LogP contribution in [0.1, 0.15) is 37.8 Å². The number of ether oxygens (including phenoxy) is 2. The molecule has 26 heavy (non-hydrogen) atoms. The minimum atomic E-state index is -0.736. The van der Waals surface area contributed by atoms with Crippen LogP contribution in [0, 0.1) is 11.3 Å². The van der Waals surface area contributed by atoms with Gasteiger partial charge in [0, 0.05) is 30.6 Å². The number of alkyl carbamates (subject to hydrolysis) is 1.